The van der Waals surface area contributed by atoms with Gasteiger partial charge in [0.2, 0.25) is 0 Å². The molecular weight excluding hydrogens is 174 g/mol. The van der Waals surface area contributed by atoms with Crippen LogP contribution in [0.25, 0.3) is 0 Å². The number of nitrogens with two attached hydrogens (primary N) is 1. The van der Waals surface area contributed by atoms with Crippen LogP contribution in [0.15, 0.2) is 0 Å². The van der Waals surface area contributed by atoms with Crippen LogP contribution in [0, 0.1) is 5.92 Å². The third kappa shape index (κ3) is 1.67. The Morgan fingerprint density at radius 1 is 1.54 bits per heavy atom. The number of aliphatic hydroxyl groups is 2. The summed E-state index contributed by atoms with van der Waals surface area (Å²) in [6.45, 7) is 1.76. The Morgan fingerprint density at radius 3 is 2.54 bits per heavy atom. The normalized spacial score (nSPS) is 46.0. The summed E-state index contributed by atoms with van der Waals surface area (Å²) in [6.07, 6.45) is -1.69. The molecule has 0 aromatic rings. The Kier molecular flexibility index (Phi) is 2.61. The summed E-state index contributed by atoms with van der Waals surface area (Å²) in [6, 6.07) is 0. The lowest BCUT2D eigenvalue weighted by Gasteiger charge is -2.39. The van der Waals surface area contributed by atoms with Crippen molar-refractivity contribution in [3.05, 3.63) is 0 Å². The zero-order valence-electron chi connectivity index (χ0n) is 7.47. The van der Waals surface area contributed by atoms with Crippen LogP contribution in [-0.4, -0.2) is 39.0 Å². The smallest absolute Gasteiger partial charge is 0.326 e. The lowest BCUT2D eigenvalue weighted by atomic mass is 9.74. The van der Waals surface area contributed by atoms with Gasteiger partial charge in [0.15, 0.2) is 0 Å². The first kappa shape index (κ1) is 10.4. The molecule has 4 atom stereocenters. The molecule has 0 aromatic heterocycles. The summed E-state index contributed by atoms with van der Waals surface area (Å²) < 4.78 is 0. The first-order chi connectivity index (χ1) is 5.88. The Morgan fingerprint density at radius 2 is 2.08 bits per heavy atom. The molecule has 0 saturated heterocycles. The van der Waals surface area contributed by atoms with Gasteiger partial charge in [0, 0.05) is 6.42 Å². The second kappa shape index (κ2) is 3.25. The van der Waals surface area contributed by atoms with Gasteiger partial charge in [0.05, 0.1) is 12.2 Å². The number of carboxylic acid groups (broad SMARTS) is 1. The highest BCUT2D eigenvalue weighted by molar-refractivity contribution is 5.79. The first-order valence-corrected chi connectivity index (χ1v) is 4.26. The predicted octanol–water partition coefficient (Wildman–Crippen LogP) is -1.08. The molecule has 5 N–H and O–H groups in total. The second-order valence-corrected chi connectivity index (χ2v) is 3.85. The van der Waals surface area contributed by atoms with E-state index in [1.165, 1.54) is 0 Å². The number of carboxylic acids is 1. The van der Waals surface area contributed by atoms with Crippen molar-refractivity contribution in [2.24, 2.45) is 11.7 Å². The van der Waals surface area contributed by atoms with Gasteiger partial charge in [-0.2, -0.15) is 0 Å². The van der Waals surface area contributed by atoms with Crippen molar-refractivity contribution in [2.45, 2.75) is 37.5 Å². The second-order valence-electron chi connectivity index (χ2n) is 3.85. The molecule has 1 saturated carbocycles. The maximum absolute atomic E-state index is 10.7. The third-order valence-corrected chi connectivity index (χ3v) is 2.79. The first-order valence-electron chi connectivity index (χ1n) is 4.26. The minimum atomic E-state index is -1.69. The van der Waals surface area contributed by atoms with Crippen LogP contribution in [-0.2, 0) is 4.79 Å². The van der Waals surface area contributed by atoms with E-state index in [1.807, 2.05) is 0 Å². The SMILES string of the molecule is C[C@H]1C[C@H](O)[C@@](N)(C(=O)O)C[C@H]1O. The number of aliphatic hydroxyl groups excluding tert-OH is 2. The molecule has 1 rings (SSSR count). The van der Waals surface area contributed by atoms with Gasteiger partial charge in [-0.15, -0.1) is 0 Å². The molecular formula is C8H15NO4. The number of hydrogen-bond donors (Lipinski definition) is 4. The van der Waals surface area contributed by atoms with E-state index in [4.69, 9.17) is 10.8 Å². The van der Waals surface area contributed by atoms with Gasteiger partial charge in [0.25, 0.3) is 0 Å². The molecule has 0 bridgehead atoms. The van der Waals surface area contributed by atoms with Crippen LogP contribution in [0.4, 0.5) is 0 Å². The molecule has 0 amide bonds. The topological polar surface area (TPSA) is 104 Å². The molecule has 0 radical (unpaired) electrons. The molecule has 76 valence electrons. The van der Waals surface area contributed by atoms with Crippen LogP contribution in [0.5, 0.6) is 0 Å². The van der Waals surface area contributed by atoms with Crippen LogP contribution in [0.1, 0.15) is 19.8 Å². The van der Waals surface area contributed by atoms with E-state index in [1.54, 1.807) is 6.92 Å². The summed E-state index contributed by atoms with van der Waals surface area (Å²) in [4.78, 5) is 10.7. The summed E-state index contributed by atoms with van der Waals surface area (Å²) in [5.41, 5.74) is 3.80. The van der Waals surface area contributed by atoms with Gasteiger partial charge in [-0.1, -0.05) is 6.92 Å². The summed E-state index contributed by atoms with van der Waals surface area (Å²) in [7, 11) is 0. The van der Waals surface area contributed by atoms with Crippen molar-refractivity contribution in [1.82, 2.24) is 0 Å². The third-order valence-electron chi connectivity index (χ3n) is 2.79. The molecule has 1 aliphatic carbocycles. The summed E-state index contributed by atoms with van der Waals surface area (Å²) >= 11 is 0. The zero-order valence-corrected chi connectivity index (χ0v) is 7.47. The van der Waals surface area contributed by atoms with Crippen LogP contribution < -0.4 is 5.73 Å². The van der Waals surface area contributed by atoms with E-state index in [0.717, 1.165) is 0 Å². The minimum Gasteiger partial charge on any atom is -0.480 e. The van der Waals surface area contributed by atoms with Crippen molar-refractivity contribution < 1.29 is 20.1 Å². The van der Waals surface area contributed by atoms with Crippen LogP contribution >= 0.6 is 0 Å². The zero-order chi connectivity index (χ0) is 10.2. The molecule has 0 spiro atoms. The standard InChI is InChI=1S/C8H15NO4/c1-4-2-6(11)8(9,7(12)13)3-5(4)10/h4-6,10-11H,2-3,9H2,1H3,(H,12,13)/t4-,5+,6-,8+/m0/s1. The highest BCUT2D eigenvalue weighted by atomic mass is 16.4. The Bertz CT molecular complexity index is 220. The van der Waals surface area contributed by atoms with Crippen LogP contribution in [0.2, 0.25) is 0 Å². The van der Waals surface area contributed by atoms with Gasteiger partial charge < -0.3 is 21.1 Å². The van der Waals surface area contributed by atoms with E-state index in [9.17, 15) is 15.0 Å². The maximum atomic E-state index is 10.7. The lowest BCUT2D eigenvalue weighted by Crippen LogP contribution is -2.62. The lowest BCUT2D eigenvalue weighted by molar-refractivity contribution is -0.155. The summed E-state index contributed by atoms with van der Waals surface area (Å²) in [5.74, 6) is -1.36. The van der Waals surface area contributed by atoms with E-state index >= 15 is 0 Å². The van der Waals surface area contributed by atoms with Crippen LogP contribution in [0.3, 0.4) is 0 Å². The number of carbonyl (C=O) groups is 1. The fraction of sp³-hybridized carbons (Fsp3) is 0.875. The van der Waals surface area contributed by atoms with Crippen molar-refractivity contribution in [1.29, 1.82) is 0 Å². The van der Waals surface area contributed by atoms with E-state index in [2.05, 4.69) is 0 Å². The molecule has 0 unspecified atom stereocenters. The maximum Gasteiger partial charge on any atom is 0.326 e. The molecule has 1 aliphatic rings. The highest BCUT2D eigenvalue weighted by Crippen LogP contribution is 2.30. The van der Waals surface area contributed by atoms with Gasteiger partial charge in [0.1, 0.15) is 5.54 Å². The van der Waals surface area contributed by atoms with Crippen molar-refractivity contribution in [3.63, 3.8) is 0 Å². The van der Waals surface area contributed by atoms with Gasteiger partial charge >= 0.3 is 5.97 Å². The molecule has 13 heavy (non-hydrogen) atoms. The van der Waals surface area contributed by atoms with Gasteiger partial charge in [-0.25, -0.2) is 0 Å². The summed E-state index contributed by atoms with van der Waals surface area (Å²) in [5, 5.41) is 27.7. The highest BCUT2D eigenvalue weighted by Gasteiger charge is 2.48. The monoisotopic (exact) mass is 189 g/mol. The molecule has 0 heterocycles. The van der Waals surface area contributed by atoms with Crippen molar-refractivity contribution in [3.8, 4) is 0 Å². The Labute approximate surface area is 76.2 Å². The molecule has 0 aliphatic heterocycles. The molecule has 1 fully saturated rings. The van der Waals surface area contributed by atoms with Gasteiger partial charge in [-0.3, -0.25) is 4.79 Å². The van der Waals surface area contributed by atoms with E-state index in [-0.39, 0.29) is 18.8 Å². The number of rotatable bonds is 1. The van der Waals surface area contributed by atoms with Gasteiger partial charge in [-0.05, 0) is 12.3 Å². The van der Waals surface area contributed by atoms with E-state index < -0.39 is 23.7 Å². The number of hydrogen-bond acceptors (Lipinski definition) is 4. The Balaban J connectivity index is 2.82. The fourth-order valence-electron chi connectivity index (χ4n) is 1.63. The van der Waals surface area contributed by atoms with E-state index in [0.29, 0.717) is 0 Å². The molecule has 5 heteroatoms. The quantitative estimate of drug-likeness (QED) is 0.420. The largest absolute Gasteiger partial charge is 0.480 e. The van der Waals surface area contributed by atoms with Crippen molar-refractivity contribution in [2.75, 3.05) is 0 Å². The average molecular weight is 189 g/mol. The Hall–Kier alpha value is -0.650. The average Bonchev–Trinajstić information content (AvgIpc) is 2.01. The number of aliphatic carboxylic acids is 1. The fourth-order valence-corrected chi connectivity index (χ4v) is 1.63. The molecule has 0 aromatic carbocycles. The van der Waals surface area contributed by atoms with Crippen molar-refractivity contribution >= 4 is 5.97 Å². The predicted molar refractivity (Wildman–Crippen MR) is 45.0 cm³/mol. The minimum absolute atomic E-state index is 0.0926. The molecule has 5 nitrogen and oxygen atoms in total.